The average Bonchev–Trinajstić information content (AvgIpc) is 2.77. The third kappa shape index (κ3) is 1.20. The van der Waals surface area contributed by atoms with E-state index in [1.807, 2.05) is 0 Å². The Morgan fingerprint density at radius 1 is 0.778 bits per heavy atom. The quantitative estimate of drug-likeness (QED) is 0.410. The zero-order valence-corrected chi connectivity index (χ0v) is 10.4. The van der Waals surface area contributed by atoms with E-state index in [0.29, 0.717) is 0 Å². The van der Waals surface area contributed by atoms with Gasteiger partial charge in [-0.1, -0.05) is 54.6 Å². The lowest BCUT2D eigenvalue weighted by atomic mass is 9.96. The van der Waals surface area contributed by atoms with Crippen LogP contribution >= 0.6 is 0 Å². The molecule has 0 saturated carbocycles. The van der Waals surface area contributed by atoms with E-state index in [1.54, 1.807) is 0 Å². The molecular formula is C18H14. The first-order valence-corrected chi connectivity index (χ1v) is 6.44. The highest BCUT2D eigenvalue weighted by Gasteiger charge is 2.20. The zero-order valence-electron chi connectivity index (χ0n) is 10.4. The Bertz CT molecular complexity index is 766. The van der Waals surface area contributed by atoms with Crippen molar-refractivity contribution in [2.75, 3.05) is 0 Å². The summed E-state index contributed by atoms with van der Waals surface area (Å²) in [5, 5.41) is 2.81. The topological polar surface area (TPSA) is 0 Å². The van der Waals surface area contributed by atoms with Crippen molar-refractivity contribution in [3.63, 3.8) is 0 Å². The molecule has 0 aromatic heterocycles. The monoisotopic (exact) mass is 230 g/mol. The third-order valence-electron chi connectivity index (χ3n) is 4.04. The molecule has 86 valence electrons. The molecule has 0 fully saturated rings. The third-order valence-corrected chi connectivity index (χ3v) is 4.04. The van der Waals surface area contributed by atoms with Crippen molar-refractivity contribution in [1.82, 2.24) is 0 Å². The zero-order chi connectivity index (χ0) is 12.1. The van der Waals surface area contributed by atoms with Crippen molar-refractivity contribution in [1.29, 1.82) is 0 Å². The van der Waals surface area contributed by atoms with Crippen molar-refractivity contribution >= 4 is 10.8 Å². The Balaban J connectivity index is 2.13. The largest absolute Gasteiger partial charge is 0.0619 e. The highest BCUT2D eigenvalue weighted by molar-refractivity contribution is 5.96. The Hall–Kier alpha value is -2.08. The number of rotatable bonds is 0. The van der Waals surface area contributed by atoms with Crippen LogP contribution in [0.5, 0.6) is 0 Å². The van der Waals surface area contributed by atoms with Gasteiger partial charge in [0.05, 0.1) is 0 Å². The number of hydrogen-bond acceptors (Lipinski definition) is 0. The van der Waals surface area contributed by atoms with E-state index in [-0.39, 0.29) is 0 Å². The van der Waals surface area contributed by atoms with E-state index >= 15 is 0 Å². The Kier molecular flexibility index (Phi) is 1.90. The van der Waals surface area contributed by atoms with E-state index in [9.17, 15) is 0 Å². The highest BCUT2D eigenvalue weighted by Crippen LogP contribution is 2.40. The van der Waals surface area contributed by atoms with Crippen LogP contribution in [-0.4, -0.2) is 0 Å². The smallest absolute Gasteiger partial charge is 0.000718 e. The van der Waals surface area contributed by atoms with Crippen LogP contribution in [0.15, 0.2) is 54.6 Å². The Morgan fingerprint density at radius 3 is 2.61 bits per heavy atom. The van der Waals surface area contributed by atoms with Gasteiger partial charge >= 0.3 is 0 Å². The minimum absolute atomic E-state index is 1.08. The summed E-state index contributed by atoms with van der Waals surface area (Å²) in [4.78, 5) is 0. The van der Waals surface area contributed by atoms with Crippen LogP contribution in [0.1, 0.15) is 16.7 Å². The number of benzene rings is 3. The molecule has 0 amide bonds. The molecule has 0 nitrogen and oxygen atoms in total. The van der Waals surface area contributed by atoms with Gasteiger partial charge in [0.15, 0.2) is 0 Å². The second kappa shape index (κ2) is 3.46. The SMILES string of the molecule is Cc1cccc2ccc3c(c12)Cc1ccccc1-3. The van der Waals surface area contributed by atoms with Crippen molar-refractivity contribution < 1.29 is 0 Å². The van der Waals surface area contributed by atoms with Crippen LogP contribution in [0.3, 0.4) is 0 Å². The summed E-state index contributed by atoms with van der Waals surface area (Å²) >= 11 is 0. The molecule has 0 saturated heterocycles. The summed E-state index contributed by atoms with van der Waals surface area (Å²) in [5.74, 6) is 0. The fourth-order valence-corrected chi connectivity index (χ4v) is 3.21. The summed E-state index contributed by atoms with van der Waals surface area (Å²) in [6.07, 6.45) is 1.08. The molecule has 0 bridgehead atoms. The van der Waals surface area contributed by atoms with Gasteiger partial charge < -0.3 is 0 Å². The molecule has 0 radical (unpaired) electrons. The molecule has 1 aliphatic rings. The van der Waals surface area contributed by atoms with E-state index in [4.69, 9.17) is 0 Å². The summed E-state index contributed by atoms with van der Waals surface area (Å²) < 4.78 is 0. The number of hydrogen-bond donors (Lipinski definition) is 0. The van der Waals surface area contributed by atoms with Crippen molar-refractivity contribution in [2.24, 2.45) is 0 Å². The van der Waals surface area contributed by atoms with Crippen molar-refractivity contribution in [3.05, 3.63) is 71.3 Å². The first kappa shape index (κ1) is 9.90. The molecule has 3 aromatic rings. The van der Waals surface area contributed by atoms with Gasteiger partial charge in [0, 0.05) is 0 Å². The molecule has 1 aliphatic carbocycles. The fraction of sp³-hybridized carbons (Fsp3) is 0.111. The van der Waals surface area contributed by atoms with Gasteiger partial charge in [0.1, 0.15) is 0 Å². The molecule has 18 heavy (non-hydrogen) atoms. The van der Waals surface area contributed by atoms with Gasteiger partial charge in [-0.15, -0.1) is 0 Å². The standard InChI is InChI=1S/C18H14/c1-12-5-4-7-13-9-10-16-15-8-3-2-6-14(15)11-17(16)18(12)13/h2-10H,11H2,1H3. The van der Waals surface area contributed by atoms with Gasteiger partial charge in [-0.2, -0.15) is 0 Å². The maximum absolute atomic E-state index is 2.28. The molecular weight excluding hydrogens is 216 g/mol. The predicted octanol–water partition coefficient (Wildman–Crippen LogP) is 4.72. The van der Waals surface area contributed by atoms with E-state index in [0.717, 1.165) is 6.42 Å². The maximum Gasteiger partial charge on any atom is -0.000718 e. The van der Waals surface area contributed by atoms with Crippen LogP contribution in [-0.2, 0) is 6.42 Å². The number of fused-ring (bicyclic) bond motifs is 5. The first-order chi connectivity index (χ1) is 8.84. The minimum atomic E-state index is 1.08. The van der Waals surface area contributed by atoms with Crippen LogP contribution in [0.4, 0.5) is 0 Å². The minimum Gasteiger partial charge on any atom is -0.0619 e. The van der Waals surface area contributed by atoms with Crippen LogP contribution in [0, 0.1) is 6.92 Å². The molecule has 0 atom stereocenters. The summed E-state index contributed by atoms with van der Waals surface area (Å²) in [5.41, 5.74) is 7.19. The molecule has 4 rings (SSSR count). The highest BCUT2D eigenvalue weighted by atomic mass is 14.2. The van der Waals surface area contributed by atoms with Gasteiger partial charge in [-0.25, -0.2) is 0 Å². The Morgan fingerprint density at radius 2 is 1.67 bits per heavy atom. The summed E-state index contributed by atoms with van der Waals surface area (Å²) in [6, 6.07) is 19.9. The molecule has 0 heterocycles. The lowest BCUT2D eigenvalue weighted by Crippen LogP contribution is -1.87. The average molecular weight is 230 g/mol. The van der Waals surface area contributed by atoms with E-state index in [1.165, 1.54) is 38.6 Å². The first-order valence-electron chi connectivity index (χ1n) is 6.44. The van der Waals surface area contributed by atoms with Gasteiger partial charge in [0.2, 0.25) is 0 Å². The van der Waals surface area contributed by atoms with Crippen molar-refractivity contribution in [3.8, 4) is 11.1 Å². The summed E-state index contributed by atoms with van der Waals surface area (Å²) in [6.45, 7) is 2.21. The van der Waals surface area contributed by atoms with Crippen LogP contribution in [0.2, 0.25) is 0 Å². The fourth-order valence-electron chi connectivity index (χ4n) is 3.21. The second-order valence-electron chi connectivity index (χ2n) is 5.10. The second-order valence-corrected chi connectivity index (χ2v) is 5.10. The van der Waals surface area contributed by atoms with Crippen LogP contribution < -0.4 is 0 Å². The van der Waals surface area contributed by atoms with Crippen LogP contribution in [0.25, 0.3) is 21.9 Å². The van der Waals surface area contributed by atoms with Gasteiger partial charge in [0.25, 0.3) is 0 Å². The van der Waals surface area contributed by atoms with Gasteiger partial charge in [-0.3, -0.25) is 0 Å². The predicted molar refractivity (Wildman–Crippen MR) is 76.9 cm³/mol. The van der Waals surface area contributed by atoms with E-state index in [2.05, 4.69) is 61.5 Å². The normalized spacial score (nSPS) is 12.5. The molecule has 0 N–H and O–H groups in total. The molecule has 0 spiro atoms. The maximum atomic E-state index is 2.28. The summed E-state index contributed by atoms with van der Waals surface area (Å²) in [7, 11) is 0. The molecule has 0 heteroatoms. The lowest BCUT2D eigenvalue weighted by molar-refractivity contribution is 1.28. The molecule has 3 aromatic carbocycles. The number of aryl methyl sites for hydroxylation is 1. The Labute approximate surface area is 107 Å². The molecule has 0 aliphatic heterocycles. The van der Waals surface area contributed by atoms with Crippen molar-refractivity contribution in [2.45, 2.75) is 13.3 Å². The lowest BCUT2D eigenvalue weighted by Gasteiger charge is -2.08. The molecule has 0 unspecified atom stereocenters. The van der Waals surface area contributed by atoms with Gasteiger partial charge in [-0.05, 0) is 51.9 Å². The van der Waals surface area contributed by atoms with E-state index < -0.39 is 0 Å².